The largest absolute Gasteiger partial charge is 0.493 e. The molecule has 2 heterocycles. The number of hydrogen-bond donors (Lipinski definition) is 2. The summed E-state index contributed by atoms with van der Waals surface area (Å²) in [4.78, 5) is 50.3. The van der Waals surface area contributed by atoms with Crippen molar-refractivity contribution < 1.29 is 42.2 Å². The predicted octanol–water partition coefficient (Wildman–Crippen LogP) is 3.32. The lowest BCUT2D eigenvalue weighted by Crippen LogP contribution is -2.30. The van der Waals surface area contributed by atoms with Crippen molar-refractivity contribution in [2.75, 3.05) is 26.1 Å². The second-order valence-corrected chi connectivity index (χ2v) is 7.86. The smallest absolute Gasteiger partial charge is 0.373 e. The summed E-state index contributed by atoms with van der Waals surface area (Å²) in [6.45, 7) is -0.634. The van der Waals surface area contributed by atoms with Crippen molar-refractivity contribution in [3.63, 3.8) is 0 Å². The normalized spacial score (nSPS) is 13.9. The van der Waals surface area contributed by atoms with E-state index in [4.69, 9.17) is 13.9 Å². The van der Waals surface area contributed by atoms with E-state index in [1.54, 1.807) is 18.2 Å². The van der Waals surface area contributed by atoms with E-state index in [9.17, 15) is 23.6 Å². The van der Waals surface area contributed by atoms with Crippen LogP contribution < -0.4 is 20.1 Å². The first kappa shape index (κ1) is 25.9. The van der Waals surface area contributed by atoms with Gasteiger partial charge in [0.05, 0.1) is 20.8 Å². The highest BCUT2D eigenvalue weighted by Gasteiger charge is 2.34. The third-order valence-corrected chi connectivity index (χ3v) is 5.33. The zero-order valence-corrected chi connectivity index (χ0v) is 20.3. The van der Waals surface area contributed by atoms with Gasteiger partial charge in [0.2, 0.25) is 5.76 Å². The average molecular weight is 523 g/mol. The Labute approximate surface area is 215 Å². The Morgan fingerprint density at radius 3 is 2.55 bits per heavy atom. The van der Waals surface area contributed by atoms with Gasteiger partial charge in [0, 0.05) is 11.3 Å². The molecule has 4 rings (SSSR count). The van der Waals surface area contributed by atoms with E-state index in [2.05, 4.69) is 15.4 Å². The van der Waals surface area contributed by atoms with Crippen LogP contribution >= 0.6 is 0 Å². The van der Waals surface area contributed by atoms with Gasteiger partial charge < -0.3 is 29.3 Å². The van der Waals surface area contributed by atoms with Gasteiger partial charge in [-0.2, -0.15) is 0 Å². The van der Waals surface area contributed by atoms with Crippen molar-refractivity contribution in [1.82, 2.24) is 10.2 Å². The lowest BCUT2D eigenvalue weighted by molar-refractivity contribution is -0.123. The Hall–Kier alpha value is -5.13. The minimum Gasteiger partial charge on any atom is -0.493 e. The van der Waals surface area contributed by atoms with Crippen LogP contribution in [0.25, 0.3) is 6.08 Å². The van der Waals surface area contributed by atoms with Crippen LogP contribution in [0, 0.1) is 5.82 Å². The van der Waals surface area contributed by atoms with E-state index >= 15 is 0 Å². The molecule has 1 aromatic heterocycles. The van der Waals surface area contributed by atoms with Gasteiger partial charge in [-0.25, -0.2) is 14.0 Å². The molecular formula is C26H22FN3O8. The molecule has 1 fully saturated rings. The van der Waals surface area contributed by atoms with Gasteiger partial charge in [0.15, 0.2) is 18.1 Å². The highest BCUT2D eigenvalue weighted by molar-refractivity contribution is 6.14. The van der Waals surface area contributed by atoms with E-state index in [1.165, 1.54) is 56.7 Å². The van der Waals surface area contributed by atoms with Gasteiger partial charge in [-0.1, -0.05) is 12.1 Å². The number of methoxy groups -OCH3 is 2. The van der Waals surface area contributed by atoms with Crippen LogP contribution in [0.4, 0.5) is 14.9 Å². The molecule has 0 unspecified atom stereocenters. The van der Waals surface area contributed by atoms with Crippen LogP contribution in [0.5, 0.6) is 11.5 Å². The number of esters is 1. The predicted molar refractivity (Wildman–Crippen MR) is 131 cm³/mol. The summed E-state index contributed by atoms with van der Waals surface area (Å²) >= 11 is 0. The highest BCUT2D eigenvalue weighted by Crippen LogP contribution is 2.33. The fourth-order valence-electron chi connectivity index (χ4n) is 3.53. The van der Waals surface area contributed by atoms with Crippen molar-refractivity contribution >= 4 is 35.6 Å². The maximum Gasteiger partial charge on any atom is 0.373 e. The van der Waals surface area contributed by atoms with Crippen molar-refractivity contribution in [2.45, 2.75) is 6.54 Å². The van der Waals surface area contributed by atoms with Gasteiger partial charge in [-0.15, -0.1) is 0 Å². The summed E-state index contributed by atoms with van der Waals surface area (Å²) in [5.74, 6) is -1.70. The van der Waals surface area contributed by atoms with Gasteiger partial charge in [0.25, 0.3) is 11.8 Å². The first-order valence-electron chi connectivity index (χ1n) is 11.2. The maximum absolute atomic E-state index is 13.1. The summed E-state index contributed by atoms with van der Waals surface area (Å²) in [5, 5.41) is 5.07. The molecule has 3 aromatic rings. The Morgan fingerprint density at radius 1 is 1.08 bits per heavy atom. The zero-order valence-electron chi connectivity index (χ0n) is 20.3. The minimum absolute atomic E-state index is 0.0522. The van der Waals surface area contributed by atoms with Crippen LogP contribution in [0.15, 0.2) is 64.7 Å². The lowest BCUT2D eigenvalue weighted by Gasteiger charge is -2.14. The monoisotopic (exact) mass is 523 g/mol. The number of para-hydroxylation sites is 1. The maximum atomic E-state index is 13.1. The van der Waals surface area contributed by atoms with Crippen molar-refractivity contribution in [2.24, 2.45) is 0 Å². The fourth-order valence-corrected chi connectivity index (χ4v) is 3.53. The van der Waals surface area contributed by atoms with Crippen LogP contribution in [0.2, 0.25) is 0 Å². The first-order chi connectivity index (χ1) is 18.3. The standard InChI is InChI=1S/C26H22FN3O8/c1-35-20-5-3-4-15(23(20)37-14-22(31)28-17-8-6-16(27)7-9-17)12-19-24(32)30(26(34)29-19)13-18-10-11-21(38-18)25(33)36-2/h3-12H,13-14H2,1-2H3,(H,28,31)(H,29,34)/b19-12-. The molecule has 196 valence electrons. The van der Waals surface area contributed by atoms with E-state index in [0.29, 0.717) is 11.3 Å². The molecule has 0 spiro atoms. The van der Waals surface area contributed by atoms with Crippen molar-refractivity contribution in [3.05, 3.63) is 83.2 Å². The second kappa shape index (κ2) is 11.3. The summed E-state index contributed by atoms with van der Waals surface area (Å²) in [6.07, 6.45) is 1.39. The van der Waals surface area contributed by atoms with Crippen LogP contribution in [-0.4, -0.2) is 49.5 Å². The van der Waals surface area contributed by atoms with Gasteiger partial charge in [-0.3, -0.25) is 14.5 Å². The molecule has 0 aliphatic carbocycles. The van der Waals surface area contributed by atoms with Crippen molar-refractivity contribution in [1.29, 1.82) is 0 Å². The van der Waals surface area contributed by atoms with Crippen LogP contribution in [-0.2, 0) is 20.9 Å². The molecule has 2 N–H and O–H groups in total. The number of carbonyl (C=O) groups excluding carboxylic acids is 4. The average Bonchev–Trinajstić information content (AvgIpc) is 3.49. The van der Waals surface area contributed by atoms with E-state index in [-0.39, 0.29) is 35.3 Å². The summed E-state index contributed by atoms with van der Waals surface area (Å²) < 4.78 is 34.0. The zero-order chi connectivity index (χ0) is 27.2. The Kier molecular flexibility index (Phi) is 7.71. The number of rotatable bonds is 9. The summed E-state index contributed by atoms with van der Waals surface area (Å²) in [7, 11) is 2.61. The minimum atomic E-state index is -0.693. The highest BCUT2D eigenvalue weighted by atomic mass is 19.1. The van der Waals surface area contributed by atoms with E-state index in [1.807, 2.05) is 0 Å². The van der Waals surface area contributed by atoms with Gasteiger partial charge >= 0.3 is 12.0 Å². The molecule has 1 aliphatic heterocycles. The molecular weight excluding hydrogens is 501 g/mol. The number of halogens is 1. The molecule has 12 heteroatoms. The van der Waals surface area contributed by atoms with Crippen LogP contribution in [0.3, 0.4) is 0 Å². The molecule has 11 nitrogen and oxygen atoms in total. The third-order valence-electron chi connectivity index (χ3n) is 5.33. The number of carbonyl (C=O) groups is 4. The second-order valence-electron chi connectivity index (χ2n) is 7.86. The number of hydrogen-bond acceptors (Lipinski definition) is 8. The number of amides is 4. The number of urea groups is 1. The number of furan rings is 1. The number of imide groups is 1. The molecule has 0 saturated carbocycles. The fraction of sp³-hybridized carbons (Fsp3) is 0.154. The number of ether oxygens (including phenoxy) is 3. The Bertz CT molecular complexity index is 1410. The lowest BCUT2D eigenvalue weighted by atomic mass is 10.1. The summed E-state index contributed by atoms with van der Waals surface area (Å²) in [6, 6.07) is 12.2. The number of nitrogens with zero attached hydrogens (tertiary/aromatic N) is 1. The van der Waals surface area contributed by atoms with Crippen LogP contribution in [0.1, 0.15) is 21.9 Å². The SMILES string of the molecule is COC(=O)c1ccc(CN2C(=O)N/C(=C\c3cccc(OC)c3OCC(=O)Nc3ccc(F)cc3)C2=O)o1. The Morgan fingerprint density at radius 2 is 1.84 bits per heavy atom. The summed E-state index contributed by atoms with van der Waals surface area (Å²) in [5.41, 5.74) is 0.691. The quantitative estimate of drug-likeness (QED) is 0.248. The van der Waals surface area contributed by atoms with Gasteiger partial charge in [-0.05, 0) is 48.5 Å². The third kappa shape index (κ3) is 5.81. The molecule has 0 radical (unpaired) electrons. The molecule has 0 bridgehead atoms. The number of nitrogens with one attached hydrogen (secondary N) is 2. The first-order valence-corrected chi connectivity index (χ1v) is 11.2. The topological polar surface area (TPSA) is 136 Å². The molecule has 0 atom stereocenters. The Balaban J connectivity index is 1.49. The van der Waals surface area contributed by atoms with Gasteiger partial charge in [0.1, 0.15) is 17.3 Å². The van der Waals surface area contributed by atoms with E-state index < -0.39 is 36.2 Å². The molecule has 2 aromatic carbocycles. The molecule has 4 amide bonds. The van der Waals surface area contributed by atoms with Crippen molar-refractivity contribution in [3.8, 4) is 11.5 Å². The molecule has 1 saturated heterocycles. The number of anilines is 1. The van der Waals surface area contributed by atoms with E-state index in [0.717, 1.165) is 4.90 Å². The number of benzene rings is 2. The molecule has 1 aliphatic rings. The molecule has 38 heavy (non-hydrogen) atoms.